The van der Waals surface area contributed by atoms with E-state index in [1.54, 1.807) is 0 Å². The molecule has 10 heavy (non-hydrogen) atoms. The zero-order valence-corrected chi connectivity index (χ0v) is 6.76. The lowest BCUT2D eigenvalue weighted by molar-refractivity contribution is 0.0830. The lowest BCUT2D eigenvalue weighted by Gasteiger charge is -2.08. The summed E-state index contributed by atoms with van der Waals surface area (Å²) in [6, 6.07) is 1.95. The van der Waals surface area contributed by atoms with E-state index in [1.165, 1.54) is 12.8 Å². The fourth-order valence-electron chi connectivity index (χ4n) is 0.754. The highest BCUT2D eigenvalue weighted by Crippen LogP contribution is 2.02. The molecule has 0 fully saturated rings. The van der Waals surface area contributed by atoms with Crippen LogP contribution in [0.2, 0.25) is 0 Å². The second-order valence-corrected chi connectivity index (χ2v) is 2.42. The Morgan fingerprint density at radius 1 is 1.60 bits per heavy atom. The summed E-state index contributed by atoms with van der Waals surface area (Å²) in [5.74, 6) is 0. The minimum absolute atomic E-state index is 0.227. The van der Waals surface area contributed by atoms with Crippen LogP contribution in [0.25, 0.3) is 0 Å². The highest BCUT2D eigenvalue weighted by molar-refractivity contribution is 4.67. The maximum absolute atomic E-state index is 8.17. The lowest BCUT2D eigenvalue weighted by Crippen LogP contribution is -2.07. The van der Waals surface area contributed by atoms with Crippen LogP contribution >= 0.6 is 0 Å². The van der Waals surface area contributed by atoms with Crippen molar-refractivity contribution in [2.75, 3.05) is 6.61 Å². The van der Waals surface area contributed by atoms with E-state index in [4.69, 9.17) is 10.00 Å². The molecule has 0 aliphatic rings. The molecule has 0 radical (unpaired) electrons. The van der Waals surface area contributed by atoms with Gasteiger partial charge in [0.1, 0.15) is 6.61 Å². The second kappa shape index (κ2) is 6.57. The summed E-state index contributed by atoms with van der Waals surface area (Å²) in [7, 11) is 0. The van der Waals surface area contributed by atoms with Gasteiger partial charge in [0.15, 0.2) is 0 Å². The van der Waals surface area contributed by atoms with E-state index in [9.17, 15) is 0 Å². The first kappa shape index (κ1) is 9.45. The van der Waals surface area contributed by atoms with Gasteiger partial charge >= 0.3 is 0 Å². The van der Waals surface area contributed by atoms with Crippen LogP contribution in [0.4, 0.5) is 0 Å². The highest BCUT2D eigenvalue weighted by Gasteiger charge is 1.98. The average molecular weight is 141 g/mol. The Balaban J connectivity index is 3.10. The topological polar surface area (TPSA) is 33.0 Å². The normalized spacial score (nSPS) is 12.5. The minimum atomic E-state index is 0.227. The predicted molar refractivity (Wildman–Crippen MR) is 40.6 cm³/mol. The summed E-state index contributed by atoms with van der Waals surface area (Å²) in [4.78, 5) is 0. The van der Waals surface area contributed by atoms with Gasteiger partial charge in [-0.3, -0.25) is 0 Å². The van der Waals surface area contributed by atoms with Crippen molar-refractivity contribution < 1.29 is 4.74 Å². The van der Waals surface area contributed by atoms with Gasteiger partial charge in [0.25, 0.3) is 0 Å². The van der Waals surface area contributed by atoms with Crippen LogP contribution in [0.5, 0.6) is 0 Å². The number of unbranched alkanes of at least 4 members (excludes halogenated alkanes) is 1. The number of hydrogen-bond donors (Lipinski definition) is 0. The van der Waals surface area contributed by atoms with E-state index in [-0.39, 0.29) is 12.7 Å². The molecular weight excluding hydrogens is 126 g/mol. The van der Waals surface area contributed by atoms with Gasteiger partial charge in [-0.2, -0.15) is 5.26 Å². The summed E-state index contributed by atoms with van der Waals surface area (Å²) in [5.41, 5.74) is 0. The molecule has 0 aromatic heterocycles. The van der Waals surface area contributed by atoms with Crippen LogP contribution in [-0.4, -0.2) is 12.7 Å². The van der Waals surface area contributed by atoms with Gasteiger partial charge in [-0.05, 0) is 13.3 Å². The maximum Gasteiger partial charge on any atom is 0.134 e. The van der Waals surface area contributed by atoms with Crippen LogP contribution in [-0.2, 0) is 4.74 Å². The molecular formula is C8H15NO. The van der Waals surface area contributed by atoms with Gasteiger partial charge in [-0.15, -0.1) is 0 Å². The van der Waals surface area contributed by atoms with E-state index < -0.39 is 0 Å². The van der Waals surface area contributed by atoms with Gasteiger partial charge < -0.3 is 4.74 Å². The number of hydrogen-bond acceptors (Lipinski definition) is 2. The third-order valence-electron chi connectivity index (χ3n) is 1.40. The van der Waals surface area contributed by atoms with Crippen LogP contribution in [0, 0.1) is 11.3 Å². The maximum atomic E-state index is 8.17. The Kier molecular flexibility index (Phi) is 6.21. The molecule has 0 saturated carbocycles. The second-order valence-electron chi connectivity index (χ2n) is 2.42. The van der Waals surface area contributed by atoms with Crippen molar-refractivity contribution in [3.05, 3.63) is 0 Å². The summed E-state index contributed by atoms with van der Waals surface area (Å²) in [5, 5.41) is 8.17. The fourth-order valence-corrected chi connectivity index (χ4v) is 0.754. The molecule has 0 spiro atoms. The molecule has 0 saturated heterocycles. The molecule has 0 amide bonds. The standard InChI is InChI=1S/C8H15NO/c1-3-4-5-8(2)10-7-6-9/h8H,3-5,7H2,1-2H3/t8-/m0/s1. The Bertz CT molecular complexity index is 106. The van der Waals surface area contributed by atoms with Gasteiger partial charge in [0, 0.05) is 0 Å². The molecule has 0 aromatic carbocycles. The Hall–Kier alpha value is -0.550. The Morgan fingerprint density at radius 2 is 2.30 bits per heavy atom. The zero-order chi connectivity index (χ0) is 7.82. The molecule has 1 atom stereocenters. The molecule has 0 heterocycles. The van der Waals surface area contributed by atoms with Gasteiger partial charge in [-0.1, -0.05) is 19.8 Å². The number of nitriles is 1. The van der Waals surface area contributed by atoms with Crippen molar-refractivity contribution >= 4 is 0 Å². The molecule has 0 bridgehead atoms. The molecule has 0 aliphatic heterocycles. The lowest BCUT2D eigenvalue weighted by atomic mass is 10.2. The summed E-state index contributed by atoms with van der Waals surface area (Å²) in [6.07, 6.45) is 3.70. The highest BCUT2D eigenvalue weighted by atomic mass is 16.5. The number of rotatable bonds is 5. The van der Waals surface area contributed by atoms with Crippen molar-refractivity contribution in [3.63, 3.8) is 0 Å². The minimum Gasteiger partial charge on any atom is -0.364 e. The van der Waals surface area contributed by atoms with Crippen molar-refractivity contribution in [2.24, 2.45) is 0 Å². The summed E-state index contributed by atoms with van der Waals surface area (Å²) in [6.45, 7) is 4.38. The van der Waals surface area contributed by atoms with Crippen molar-refractivity contribution in [2.45, 2.75) is 39.2 Å². The molecule has 0 rings (SSSR count). The molecule has 0 aliphatic carbocycles. The quantitative estimate of drug-likeness (QED) is 0.587. The smallest absolute Gasteiger partial charge is 0.134 e. The molecule has 0 N–H and O–H groups in total. The average Bonchev–Trinajstić information content (AvgIpc) is 1.97. The van der Waals surface area contributed by atoms with Gasteiger partial charge in [-0.25, -0.2) is 0 Å². The molecule has 2 heteroatoms. The van der Waals surface area contributed by atoms with Crippen LogP contribution in [0.3, 0.4) is 0 Å². The van der Waals surface area contributed by atoms with Gasteiger partial charge in [0.05, 0.1) is 12.2 Å². The first-order valence-corrected chi connectivity index (χ1v) is 3.79. The monoisotopic (exact) mass is 141 g/mol. The largest absolute Gasteiger partial charge is 0.364 e. The summed E-state index contributed by atoms with van der Waals surface area (Å²) < 4.78 is 5.13. The van der Waals surface area contributed by atoms with Gasteiger partial charge in [0.2, 0.25) is 0 Å². The molecule has 58 valence electrons. The SMILES string of the molecule is CCCC[C@H](C)OCC#N. The zero-order valence-electron chi connectivity index (χ0n) is 6.76. The van der Waals surface area contributed by atoms with Crippen LogP contribution in [0.15, 0.2) is 0 Å². The Labute approximate surface area is 62.8 Å². The first-order valence-electron chi connectivity index (χ1n) is 3.79. The third-order valence-corrected chi connectivity index (χ3v) is 1.40. The molecule has 0 aromatic rings. The molecule has 0 unspecified atom stereocenters. The van der Waals surface area contributed by atoms with E-state index in [2.05, 4.69) is 6.92 Å². The van der Waals surface area contributed by atoms with E-state index in [0.29, 0.717) is 0 Å². The first-order chi connectivity index (χ1) is 4.81. The fraction of sp³-hybridized carbons (Fsp3) is 0.875. The number of ether oxygens (including phenoxy) is 1. The summed E-state index contributed by atoms with van der Waals surface area (Å²) >= 11 is 0. The molecule has 2 nitrogen and oxygen atoms in total. The van der Waals surface area contributed by atoms with E-state index in [1.807, 2.05) is 13.0 Å². The van der Waals surface area contributed by atoms with Crippen molar-refractivity contribution in [1.82, 2.24) is 0 Å². The van der Waals surface area contributed by atoms with Crippen LogP contribution in [0.1, 0.15) is 33.1 Å². The third kappa shape index (κ3) is 5.58. The van der Waals surface area contributed by atoms with Crippen molar-refractivity contribution in [3.8, 4) is 6.07 Å². The van der Waals surface area contributed by atoms with Crippen molar-refractivity contribution in [1.29, 1.82) is 5.26 Å². The number of nitrogens with zero attached hydrogens (tertiary/aromatic N) is 1. The van der Waals surface area contributed by atoms with Crippen LogP contribution < -0.4 is 0 Å². The Morgan fingerprint density at radius 3 is 2.80 bits per heavy atom. The van der Waals surface area contributed by atoms with E-state index in [0.717, 1.165) is 6.42 Å². The van der Waals surface area contributed by atoms with E-state index >= 15 is 0 Å². The predicted octanol–water partition coefficient (Wildman–Crippen LogP) is 2.11.